The van der Waals surface area contributed by atoms with Crippen LogP contribution in [0.5, 0.6) is 0 Å². The van der Waals surface area contributed by atoms with Gasteiger partial charge in [0.05, 0.1) is 0 Å². The average Bonchev–Trinajstić information content (AvgIpc) is 2.62. The van der Waals surface area contributed by atoms with Gasteiger partial charge in [0.2, 0.25) is 5.91 Å². The van der Waals surface area contributed by atoms with Crippen LogP contribution < -0.4 is 10.2 Å². The maximum absolute atomic E-state index is 12.0. The van der Waals surface area contributed by atoms with Crippen molar-refractivity contribution in [2.45, 2.75) is 32.1 Å². The highest BCUT2D eigenvalue weighted by atomic mass is 16.1. The van der Waals surface area contributed by atoms with Crippen LogP contribution in [0.25, 0.3) is 0 Å². The molecule has 120 valence electrons. The summed E-state index contributed by atoms with van der Waals surface area (Å²) < 4.78 is 0. The molecule has 1 aromatic heterocycles. The Morgan fingerprint density at radius 3 is 2.48 bits per heavy atom. The second kappa shape index (κ2) is 7.72. The molecule has 23 heavy (non-hydrogen) atoms. The van der Waals surface area contributed by atoms with E-state index in [9.17, 15) is 4.79 Å². The van der Waals surface area contributed by atoms with E-state index in [0.29, 0.717) is 12.2 Å². The highest BCUT2D eigenvalue weighted by Gasteiger charge is 2.12. The van der Waals surface area contributed by atoms with Crippen LogP contribution >= 0.6 is 0 Å². The molecule has 1 amide bonds. The number of nitrogens with zero attached hydrogens (tertiary/aromatic N) is 3. The molecule has 5 nitrogen and oxygen atoms in total. The fourth-order valence-electron chi connectivity index (χ4n) is 2.79. The van der Waals surface area contributed by atoms with E-state index >= 15 is 0 Å². The van der Waals surface area contributed by atoms with Gasteiger partial charge >= 0.3 is 0 Å². The van der Waals surface area contributed by atoms with Crippen LogP contribution in [0, 0.1) is 0 Å². The maximum atomic E-state index is 12.0. The Morgan fingerprint density at radius 1 is 1.00 bits per heavy atom. The van der Waals surface area contributed by atoms with Gasteiger partial charge in [0.15, 0.2) is 11.6 Å². The van der Waals surface area contributed by atoms with E-state index in [1.165, 1.54) is 19.3 Å². The number of aromatic nitrogens is 2. The molecule has 2 aromatic rings. The summed E-state index contributed by atoms with van der Waals surface area (Å²) in [6.07, 6.45) is 4.88. The van der Waals surface area contributed by atoms with Crippen molar-refractivity contribution in [3.63, 3.8) is 0 Å². The first kappa shape index (κ1) is 15.5. The topological polar surface area (TPSA) is 58.1 Å². The fraction of sp³-hybridized carbons (Fsp3) is 0.389. The van der Waals surface area contributed by atoms with Gasteiger partial charge in [-0.05, 0) is 43.4 Å². The first-order valence-corrected chi connectivity index (χ1v) is 8.24. The number of piperidine rings is 1. The minimum atomic E-state index is -0.0334. The lowest BCUT2D eigenvalue weighted by Gasteiger charge is -2.27. The van der Waals surface area contributed by atoms with E-state index in [1.807, 2.05) is 42.5 Å². The third-order valence-corrected chi connectivity index (χ3v) is 4.08. The van der Waals surface area contributed by atoms with Crippen LogP contribution in [-0.4, -0.2) is 29.2 Å². The Balaban J connectivity index is 1.50. The standard InChI is InChI=1S/C18H22N4O/c23-18(12-9-15-7-3-1-4-8-15)19-16-10-11-17(21-20-16)22-13-5-2-6-14-22/h1,3-4,7-8,10-11H,2,5-6,9,12-14H2,(H,19,20,23). The zero-order chi connectivity index (χ0) is 15.9. The zero-order valence-electron chi connectivity index (χ0n) is 13.2. The lowest BCUT2D eigenvalue weighted by atomic mass is 10.1. The summed E-state index contributed by atoms with van der Waals surface area (Å²) in [6, 6.07) is 13.8. The lowest BCUT2D eigenvalue weighted by Crippen LogP contribution is -2.30. The number of carbonyl (C=O) groups excluding carboxylic acids is 1. The molecule has 1 saturated heterocycles. The normalized spacial score (nSPS) is 14.5. The Morgan fingerprint density at radius 2 is 1.78 bits per heavy atom. The smallest absolute Gasteiger partial charge is 0.225 e. The van der Waals surface area contributed by atoms with Crippen molar-refractivity contribution < 1.29 is 4.79 Å². The van der Waals surface area contributed by atoms with Gasteiger partial charge in [0, 0.05) is 19.5 Å². The highest BCUT2D eigenvalue weighted by molar-refractivity contribution is 5.89. The van der Waals surface area contributed by atoms with Crippen LogP contribution in [0.3, 0.4) is 0 Å². The predicted molar refractivity (Wildman–Crippen MR) is 91.5 cm³/mol. The minimum absolute atomic E-state index is 0.0334. The summed E-state index contributed by atoms with van der Waals surface area (Å²) in [5.74, 6) is 1.38. The number of benzene rings is 1. The summed E-state index contributed by atoms with van der Waals surface area (Å²) in [5.41, 5.74) is 1.16. The molecule has 5 heteroatoms. The summed E-state index contributed by atoms with van der Waals surface area (Å²) >= 11 is 0. The third kappa shape index (κ3) is 4.52. The minimum Gasteiger partial charge on any atom is -0.355 e. The van der Waals surface area contributed by atoms with Crippen LogP contribution in [0.4, 0.5) is 11.6 Å². The first-order valence-electron chi connectivity index (χ1n) is 8.24. The van der Waals surface area contributed by atoms with E-state index in [4.69, 9.17) is 0 Å². The number of amides is 1. The SMILES string of the molecule is O=C(CCc1ccccc1)Nc1ccc(N2CCCCC2)nn1. The van der Waals surface area contributed by atoms with Gasteiger partial charge in [-0.2, -0.15) is 0 Å². The van der Waals surface area contributed by atoms with E-state index in [-0.39, 0.29) is 5.91 Å². The van der Waals surface area contributed by atoms with Crippen LogP contribution in [0.2, 0.25) is 0 Å². The maximum Gasteiger partial charge on any atom is 0.225 e. The van der Waals surface area contributed by atoms with E-state index in [1.54, 1.807) is 0 Å². The number of aryl methyl sites for hydroxylation is 1. The van der Waals surface area contributed by atoms with E-state index in [0.717, 1.165) is 30.9 Å². The second-order valence-corrected chi connectivity index (χ2v) is 5.86. The molecular weight excluding hydrogens is 288 g/mol. The van der Waals surface area contributed by atoms with Gasteiger partial charge in [-0.15, -0.1) is 10.2 Å². The van der Waals surface area contributed by atoms with E-state index < -0.39 is 0 Å². The molecule has 0 spiro atoms. The number of hydrogen-bond acceptors (Lipinski definition) is 4. The molecule has 0 saturated carbocycles. The fourth-order valence-corrected chi connectivity index (χ4v) is 2.79. The third-order valence-electron chi connectivity index (χ3n) is 4.08. The van der Waals surface area contributed by atoms with Crippen molar-refractivity contribution in [1.82, 2.24) is 10.2 Å². The number of nitrogens with one attached hydrogen (secondary N) is 1. The number of hydrogen-bond donors (Lipinski definition) is 1. The summed E-state index contributed by atoms with van der Waals surface area (Å²) in [4.78, 5) is 14.2. The molecule has 0 aliphatic carbocycles. The number of anilines is 2. The first-order chi connectivity index (χ1) is 11.3. The zero-order valence-corrected chi connectivity index (χ0v) is 13.2. The molecular formula is C18H22N4O. The predicted octanol–water partition coefficient (Wildman–Crippen LogP) is 3.04. The molecule has 3 rings (SSSR count). The van der Waals surface area contributed by atoms with Gasteiger partial charge in [0.1, 0.15) is 0 Å². The summed E-state index contributed by atoms with van der Waals surface area (Å²) in [5, 5.41) is 11.2. The van der Waals surface area contributed by atoms with E-state index in [2.05, 4.69) is 20.4 Å². The molecule has 1 fully saturated rings. The highest BCUT2D eigenvalue weighted by Crippen LogP contribution is 2.17. The molecule has 1 aromatic carbocycles. The Hall–Kier alpha value is -2.43. The molecule has 0 bridgehead atoms. The molecule has 0 radical (unpaired) electrons. The van der Waals surface area contributed by atoms with Crippen molar-refractivity contribution in [2.24, 2.45) is 0 Å². The summed E-state index contributed by atoms with van der Waals surface area (Å²) in [6.45, 7) is 2.08. The van der Waals surface area contributed by atoms with Gasteiger partial charge < -0.3 is 10.2 Å². The Labute approximate surface area is 136 Å². The van der Waals surface area contributed by atoms with Crippen LogP contribution in [0.1, 0.15) is 31.2 Å². The largest absolute Gasteiger partial charge is 0.355 e. The lowest BCUT2D eigenvalue weighted by molar-refractivity contribution is -0.116. The Kier molecular flexibility index (Phi) is 5.19. The van der Waals surface area contributed by atoms with Crippen molar-refractivity contribution in [3.05, 3.63) is 48.0 Å². The van der Waals surface area contributed by atoms with Crippen molar-refractivity contribution in [1.29, 1.82) is 0 Å². The van der Waals surface area contributed by atoms with Gasteiger partial charge in [-0.3, -0.25) is 4.79 Å². The monoisotopic (exact) mass is 310 g/mol. The van der Waals surface area contributed by atoms with Crippen LogP contribution in [-0.2, 0) is 11.2 Å². The molecule has 1 aliphatic heterocycles. The molecule has 2 heterocycles. The van der Waals surface area contributed by atoms with Crippen molar-refractivity contribution in [2.75, 3.05) is 23.3 Å². The van der Waals surface area contributed by atoms with Gasteiger partial charge in [-0.1, -0.05) is 30.3 Å². The number of rotatable bonds is 5. The molecule has 1 aliphatic rings. The Bertz CT molecular complexity index is 621. The summed E-state index contributed by atoms with van der Waals surface area (Å²) in [7, 11) is 0. The van der Waals surface area contributed by atoms with Crippen molar-refractivity contribution >= 4 is 17.5 Å². The van der Waals surface area contributed by atoms with Gasteiger partial charge in [0.25, 0.3) is 0 Å². The molecule has 0 atom stereocenters. The average molecular weight is 310 g/mol. The molecule has 1 N–H and O–H groups in total. The van der Waals surface area contributed by atoms with Gasteiger partial charge in [-0.25, -0.2) is 0 Å². The second-order valence-electron chi connectivity index (χ2n) is 5.86. The molecule has 0 unspecified atom stereocenters. The van der Waals surface area contributed by atoms with Crippen molar-refractivity contribution in [3.8, 4) is 0 Å². The number of carbonyl (C=O) groups is 1. The quantitative estimate of drug-likeness (QED) is 0.922. The van der Waals surface area contributed by atoms with Crippen LogP contribution in [0.15, 0.2) is 42.5 Å².